The Labute approximate surface area is 195 Å². The number of methoxy groups -OCH3 is 1. The van der Waals surface area contributed by atoms with Gasteiger partial charge in [0.15, 0.2) is 10.8 Å². The molecular weight excluding hydrogens is 438 g/mol. The molecule has 2 heterocycles. The quantitative estimate of drug-likeness (QED) is 0.418. The van der Waals surface area contributed by atoms with Crippen LogP contribution in [0, 0.1) is 20.8 Å². The van der Waals surface area contributed by atoms with Gasteiger partial charge in [0.25, 0.3) is 0 Å². The molecule has 0 fully saturated rings. The number of carbonyl (C=O) groups excluding carboxylic acids is 2. The van der Waals surface area contributed by atoms with E-state index in [9.17, 15) is 9.59 Å². The van der Waals surface area contributed by atoms with Crippen LogP contribution in [0.25, 0.3) is 16.6 Å². The molecule has 1 unspecified atom stereocenters. The fourth-order valence-corrected chi connectivity index (χ4v) is 4.51. The lowest BCUT2D eigenvalue weighted by atomic mass is 10.1. The minimum atomic E-state index is -0.579. The number of carbonyl (C=O) groups is 2. The van der Waals surface area contributed by atoms with Crippen LogP contribution in [-0.2, 0) is 4.79 Å². The molecule has 0 spiro atoms. The largest absolute Gasteiger partial charge is 0.497 e. The summed E-state index contributed by atoms with van der Waals surface area (Å²) in [7, 11) is 1.62. The van der Waals surface area contributed by atoms with Gasteiger partial charge in [-0.3, -0.25) is 14.5 Å². The monoisotopic (exact) mass is 463 g/mol. The molecule has 0 aliphatic carbocycles. The first-order valence-corrected chi connectivity index (χ1v) is 11.3. The Morgan fingerprint density at radius 3 is 2.55 bits per heavy atom. The number of aryl methyl sites for hydroxylation is 3. The number of thioether (sulfide) groups is 1. The lowest BCUT2D eigenvalue weighted by Crippen LogP contribution is -2.39. The lowest BCUT2D eigenvalue weighted by Gasteiger charge is -2.13. The summed E-state index contributed by atoms with van der Waals surface area (Å²) in [6.07, 6.45) is 0. The van der Waals surface area contributed by atoms with Crippen LogP contribution < -0.4 is 15.4 Å². The molecule has 0 aliphatic heterocycles. The van der Waals surface area contributed by atoms with Crippen LogP contribution in [0.2, 0.25) is 0 Å². The van der Waals surface area contributed by atoms with E-state index in [1.807, 2.05) is 67.6 Å². The van der Waals surface area contributed by atoms with E-state index in [2.05, 4.69) is 20.8 Å². The van der Waals surface area contributed by atoms with Gasteiger partial charge >= 0.3 is 6.03 Å². The van der Waals surface area contributed by atoms with Crippen molar-refractivity contribution in [1.29, 1.82) is 0 Å². The van der Waals surface area contributed by atoms with Crippen LogP contribution >= 0.6 is 11.8 Å². The molecule has 8 nitrogen and oxygen atoms in total. The number of rotatable bonds is 5. The van der Waals surface area contributed by atoms with E-state index in [-0.39, 0.29) is 0 Å². The first-order chi connectivity index (χ1) is 15.8. The fourth-order valence-electron chi connectivity index (χ4n) is 3.64. The highest BCUT2D eigenvalue weighted by Crippen LogP contribution is 2.30. The third kappa shape index (κ3) is 4.63. The second kappa shape index (κ2) is 9.11. The summed E-state index contributed by atoms with van der Waals surface area (Å²) in [5.41, 5.74) is 5.31. The highest BCUT2D eigenvalue weighted by molar-refractivity contribution is 8.00. The predicted molar refractivity (Wildman–Crippen MR) is 130 cm³/mol. The Morgan fingerprint density at radius 2 is 1.82 bits per heavy atom. The molecule has 0 bridgehead atoms. The topological polar surface area (TPSA) is 97.6 Å². The molecule has 2 N–H and O–H groups in total. The van der Waals surface area contributed by atoms with E-state index in [1.165, 1.54) is 11.8 Å². The SMILES string of the molecule is COc1ccc2c(C)cc3nnc(SC(C)C(=O)NC(=O)Nc4ccc(C)cc4C)n3c2c1. The van der Waals surface area contributed by atoms with Gasteiger partial charge in [0, 0.05) is 17.1 Å². The van der Waals surface area contributed by atoms with Crippen LogP contribution in [-0.4, -0.2) is 38.9 Å². The number of hydrogen-bond donors (Lipinski definition) is 2. The van der Waals surface area contributed by atoms with Crippen molar-refractivity contribution in [3.63, 3.8) is 0 Å². The van der Waals surface area contributed by atoms with E-state index in [0.29, 0.717) is 22.2 Å². The van der Waals surface area contributed by atoms with Gasteiger partial charge in [0.05, 0.1) is 17.9 Å². The van der Waals surface area contributed by atoms with Crippen LogP contribution in [0.5, 0.6) is 5.75 Å². The number of benzene rings is 2. The van der Waals surface area contributed by atoms with Gasteiger partial charge in [-0.25, -0.2) is 4.79 Å². The lowest BCUT2D eigenvalue weighted by molar-refractivity contribution is -0.119. The average Bonchev–Trinajstić information content (AvgIpc) is 3.17. The van der Waals surface area contributed by atoms with Crippen molar-refractivity contribution in [1.82, 2.24) is 19.9 Å². The number of ether oxygens (including phenoxy) is 1. The van der Waals surface area contributed by atoms with Crippen LogP contribution in [0.15, 0.2) is 47.6 Å². The Hall–Kier alpha value is -3.59. The number of amides is 3. The van der Waals surface area contributed by atoms with Crippen molar-refractivity contribution in [2.45, 2.75) is 38.1 Å². The third-order valence-corrected chi connectivity index (χ3v) is 6.44. The Morgan fingerprint density at radius 1 is 1.03 bits per heavy atom. The molecule has 9 heteroatoms. The molecule has 3 amide bonds. The highest BCUT2D eigenvalue weighted by atomic mass is 32.2. The number of nitrogens with one attached hydrogen (secondary N) is 2. The molecule has 170 valence electrons. The summed E-state index contributed by atoms with van der Waals surface area (Å²) in [6, 6.07) is 12.9. The molecule has 2 aromatic carbocycles. The van der Waals surface area contributed by atoms with Crippen molar-refractivity contribution < 1.29 is 14.3 Å². The minimum Gasteiger partial charge on any atom is -0.497 e. The van der Waals surface area contributed by atoms with Gasteiger partial charge in [0.2, 0.25) is 5.91 Å². The molecule has 0 radical (unpaired) electrons. The van der Waals surface area contributed by atoms with E-state index < -0.39 is 17.2 Å². The maximum Gasteiger partial charge on any atom is 0.325 e. The maximum absolute atomic E-state index is 12.7. The summed E-state index contributed by atoms with van der Waals surface area (Å²) < 4.78 is 7.28. The molecule has 0 saturated heterocycles. The number of pyridine rings is 1. The zero-order chi connectivity index (χ0) is 23.7. The van der Waals surface area contributed by atoms with Crippen molar-refractivity contribution in [2.24, 2.45) is 0 Å². The molecule has 0 saturated carbocycles. The first kappa shape index (κ1) is 22.6. The normalized spacial score (nSPS) is 12.0. The van der Waals surface area contributed by atoms with Gasteiger partial charge in [-0.2, -0.15) is 0 Å². The van der Waals surface area contributed by atoms with Crippen molar-refractivity contribution in [3.05, 3.63) is 59.2 Å². The standard InChI is InChI=1S/C24H25N5O3S/c1-13-6-9-19(15(3)10-13)25-23(31)26-22(30)16(4)33-24-28-27-21-11-14(2)18-8-7-17(32-5)12-20(18)29(21)24/h6-12,16H,1-5H3,(H2,25,26,30,31). The molecule has 2 aromatic heterocycles. The van der Waals surface area contributed by atoms with Gasteiger partial charge in [-0.05, 0) is 63.1 Å². The predicted octanol–water partition coefficient (Wildman–Crippen LogP) is 4.65. The zero-order valence-electron chi connectivity index (χ0n) is 19.1. The number of nitrogens with zero attached hydrogens (tertiary/aromatic N) is 3. The van der Waals surface area contributed by atoms with E-state index in [1.54, 1.807) is 14.0 Å². The van der Waals surface area contributed by atoms with Crippen LogP contribution in [0.3, 0.4) is 0 Å². The minimum absolute atomic E-state index is 0.423. The van der Waals surface area contributed by atoms with Crippen LogP contribution in [0.1, 0.15) is 23.6 Å². The second-order valence-electron chi connectivity index (χ2n) is 7.91. The summed E-state index contributed by atoms with van der Waals surface area (Å²) in [5, 5.41) is 14.7. The van der Waals surface area contributed by atoms with Gasteiger partial charge in [0.1, 0.15) is 5.75 Å². The van der Waals surface area contributed by atoms with Crippen LogP contribution in [0.4, 0.5) is 10.5 Å². The van der Waals surface area contributed by atoms with E-state index in [4.69, 9.17) is 4.74 Å². The molecular formula is C24H25N5O3S. The number of aromatic nitrogens is 3. The van der Waals surface area contributed by atoms with Gasteiger partial charge in [-0.1, -0.05) is 29.5 Å². The summed E-state index contributed by atoms with van der Waals surface area (Å²) in [6.45, 7) is 7.62. The van der Waals surface area contributed by atoms with E-state index in [0.717, 1.165) is 27.6 Å². The number of urea groups is 1. The van der Waals surface area contributed by atoms with Crippen molar-refractivity contribution >= 4 is 45.9 Å². The van der Waals surface area contributed by atoms with Crippen molar-refractivity contribution in [3.8, 4) is 5.75 Å². The Kier molecular flexibility index (Phi) is 6.24. The van der Waals surface area contributed by atoms with Crippen molar-refractivity contribution in [2.75, 3.05) is 12.4 Å². The second-order valence-corrected chi connectivity index (χ2v) is 9.22. The molecule has 0 aliphatic rings. The number of anilines is 1. The highest BCUT2D eigenvalue weighted by Gasteiger charge is 2.21. The Bertz CT molecular complexity index is 1380. The molecule has 4 rings (SSSR count). The van der Waals surface area contributed by atoms with Gasteiger partial charge in [-0.15, -0.1) is 10.2 Å². The van der Waals surface area contributed by atoms with Gasteiger partial charge < -0.3 is 10.1 Å². The first-order valence-electron chi connectivity index (χ1n) is 10.4. The van der Waals surface area contributed by atoms with E-state index >= 15 is 0 Å². The smallest absolute Gasteiger partial charge is 0.325 e. The fraction of sp³-hybridized carbons (Fsp3) is 0.250. The zero-order valence-corrected chi connectivity index (χ0v) is 19.9. The number of fused-ring (bicyclic) bond motifs is 3. The Balaban J connectivity index is 1.53. The number of hydrogen-bond acceptors (Lipinski definition) is 6. The maximum atomic E-state index is 12.7. The average molecular weight is 464 g/mol. The number of imide groups is 1. The summed E-state index contributed by atoms with van der Waals surface area (Å²) in [4.78, 5) is 25.1. The molecule has 4 aromatic rings. The third-order valence-electron chi connectivity index (χ3n) is 5.39. The molecule has 1 atom stereocenters. The molecule has 33 heavy (non-hydrogen) atoms. The summed E-state index contributed by atoms with van der Waals surface area (Å²) >= 11 is 1.23. The summed E-state index contributed by atoms with van der Waals surface area (Å²) in [5.74, 6) is 0.293.